The van der Waals surface area contributed by atoms with E-state index in [-0.39, 0.29) is 23.3 Å². The molecule has 164 valence electrons. The van der Waals surface area contributed by atoms with Crippen molar-refractivity contribution in [1.29, 1.82) is 0 Å². The lowest BCUT2D eigenvalue weighted by molar-refractivity contribution is -0.127. The number of carbonyl (C=O) groups is 2. The molecule has 0 unspecified atom stereocenters. The van der Waals surface area contributed by atoms with Gasteiger partial charge in [0.25, 0.3) is 0 Å². The minimum Gasteiger partial charge on any atom is -0.507 e. The molecule has 1 heterocycles. The topological polar surface area (TPSA) is 117 Å². The van der Waals surface area contributed by atoms with Gasteiger partial charge in [0.2, 0.25) is 0 Å². The third-order valence-corrected chi connectivity index (χ3v) is 3.78. The average molecular weight is 429 g/mol. The van der Waals surface area contributed by atoms with Crippen molar-refractivity contribution in [2.24, 2.45) is 0 Å². The molecule has 0 aliphatic rings. The number of alkyl halides is 3. The van der Waals surface area contributed by atoms with Crippen molar-refractivity contribution in [3.8, 4) is 5.75 Å². The average Bonchev–Trinajstić information content (AvgIpc) is 2.60. The molecule has 7 nitrogen and oxygen atoms in total. The number of carbonyl (C=O) groups excluding carboxylic acids is 1. The Morgan fingerprint density at radius 2 is 1.90 bits per heavy atom. The monoisotopic (exact) mass is 429 g/mol. The number of hydrogen-bond acceptors (Lipinski definition) is 5. The third-order valence-electron chi connectivity index (χ3n) is 3.78. The van der Waals surface area contributed by atoms with Crippen molar-refractivity contribution < 1.29 is 37.4 Å². The van der Waals surface area contributed by atoms with Crippen LogP contribution in [-0.4, -0.2) is 28.3 Å². The molecule has 30 heavy (non-hydrogen) atoms. The molecular weight excluding hydrogens is 407 g/mol. The number of Topliss-reactive ketones (excluding diaryl/α,β-unsaturated/α-hetero) is 1. The van der Waals surface area contributed by atoms with Crippen LogP contribution >= 0.6 is 0 Å². The van der Waals surface area contributed by atoms with Crippen molar-refractivity contribution in [2.45, 2.75) is 45.7 Å². The van der Waals surface area contributed by atoms with Crippen LogP contribution in [0.3, 0.4) is 0 Å². The molecule has 0 spiro atoms. The van der Waals surface area contributed by atoms with Crippen LogP contribution in [0.25, 0.3) is 0 Å². The zero-order chi connectivity index (χ0) is 22.9. The Labute approximate surface area is 170 Å². The summed E-state index contributed by atoms with van der Waals surface area (Å²) in [6.45, 7) is 2.57. The number of ketones is 1. The molecule has 1 aromatic rings. The normalized spacial score (nSPS) is 13.0. The van der Waals surface area contributed by atoms with E-state index in [1.54, 1.807) is 6.08 Å². The highest BCUT2D eigenvalue weighted by Crippen LogP contribution is 2.24. The maximum absolute atomic E-state index is 12.4. The molecule has 0 radical (unpaired) electrons. The SMILES string of the molecule is C/C(=C\C=C(/C)C(=O)c1c(O)cc(CCC/C=C/NC(=O)O)oc1=O)CC(F)(F)F. The van der Waals surface area contributed by atoms with E-state index in [1.165, 1.54) is 20.0 Å². The van der Waals surface area contributed by atoms with E-state index in [4.69, 9.17) is 9.52 Å². The number of carboxylic acid groups (broad SMARTS) is 1. The Balaban J connectivity index is 2.85. The molecule has 0 fully saturated rings. The smallest absolute Gasteiger partial charge is 0.408 e. The van der Waals surface area contributed by atoms with E-state index in [0.717, 1.165) is 18.2 Å². The van der Waals surface area contributed by atoms with Gasteiger partial charge in [-0.1, -0.05) is 23.8 Å². The van der Waals surface area contributed by atoms with Crippen LogP contribution in [0.4, 0.5) is 18.0 Å². The number of hydrogen-bond donors (Lipinski definition) is 3. The van der Waals surface area contributed by atoms with Gasteiger partial charge in [-0.2, -0.15) is 13.2 Å². The summed E-state index contributed by atoms with van der Waals surface area (Å²) in [7, 11) is 0. The van der Waals surface area contributed by atoms with Gasteiger partial charge in [-0.05, 0) is 32.3 Å². The highest BCUT2D eigenvalue weighted by atomic mass is 19.4. The molecule has 1 rings (SSSR count). The lowest BCUT2D eigenvalue weighted by atomic mass is 10.0. The fraction of sp³-hybridized carbons (Fsp3) is 0.350. The van der Waals surface area contributed by atoms with E-state index < -0.39 is 41.4 Å². The van der Waals surface area contributed by atoms with Gasteiger partial charge >= 0.3 is 17.9 Å². The van der Waals surface area contributed by atoms with Gasteiger partial charge in [0.1, 0.15) is 17.1 Å². The van der Waals surface area contributed by atoms with Crippen molar-refractivity contribution in [3.63, 3.8) is 0 Å². The van der Waals surface area contributed by atoms with Crippen LogP contribution in [0.1, 0.15) is 49.2 Å². The van der Waals surface area contributed by atoms with E-state index >= 15 is 0 Å². The van der Waals surface area contributed by atoms with Gasteiger partial charge in [-0.15, -0.1) is 0 Å². The number of nitrogens with one attached hydrogen (secondary N) is 1. The van der Waals surface area contributed by atoms with Crippen LogP contribution in [-0.2, 0) is 6.42 Å². The van der Waals surface area contributed by atoms with Crippen LogP contribution in [0.5, 0.6) is 5.75 Å². The molecule has 1 amide bonds. The highest BCUT2D eigenvalue weighted by molar-refractivity contribution is 6.09. The number of allylic oxidation sites excluding steroid dienone is 5. The Bertz CT molecular complexity index is 925. The Morgan fingerprint density at radius 1 is 1.23 bits per heavy atom. The quantitative estimate of drug-likeness (QED) is 0.231. The summed E-state index contributed by atoms with van der Waals surface area (Å²) < 4.78 is 42.0. The summed E-state index contributed by atoms with van der Waals surface area (Å²) in [5.74, 6) is -1.30. The summed E-state index contributed by atoms with van der Waals surface area (Å²) in [5.41, 5.74) is -1.71. The molecule has 0 aliphatic heterocycles. The maximum Gasteiger partial charge on any atom is 0.408 e. The van der Waals surface area contributed by atoms with E-state index in [1.807, 2.05) is 5.32 Å². The highest BCUT2D eigenvalue weighted by Gasteiger charge is 2.27. The summed E-state index contributed by atoms with van der Waals surface area (Å²) >= 11 is 0. The molecular formula is C20H22F3NO6. The van der Waals surface area contributed by atoms with Gasteiger partial charge < -0.3 is 14.6 Å². The minimum atomic E-state index is -4.37. The molecule has 0 atom stereocenters. The molecule has 10 heteroatoms. The van der Waals surface area contributed by atoms with Crippen molar-refractivity contribution in [2.75, 3.05) is 0 Å². The lowest BCUT2D eigenvalue weighted by Crippen LogP contribution is -2.16. The summed E-state index contributed by atoms with van der Waals surface area (Å²) in [6.07, 6.45) is -0.412. The number of aromatic hydroxyl groups is 1. The standard InChI is InChI=1S/C20H22F3NO6/c1-12(11-20(21,22)23)7-8-13(2)17(26)16-15(25)10-14(30-18(16)27)6-4-3-5-9-24-19(28)29/h5,7-10,24-25H,3-4,6,11H2,1-2H3,(H,28,29)/b9-5+,12-7+,13-8+. The second kappa shape index (κ2) is 11.0. The van der Waals surface area contributed by atoms with Gasteiger partial charge in [-0.25, -0.2) is 9.59 Å². The molecule has 0 aromatic carbocycles. The molecule has 0 saturated heterocycles. The predicted molar refractivity (Wildman–Crippen MR) is 102 cm³/mol. The van der Waals surface area contributed by atoms with Gasteiger partial charge in [0.05, 0.1) is 6.42 Å². The first-order valence-electron chi connectivity index (χ1n) is 8.86. The van der Waals surface area contributed by atoms with Crippen molar-refractivity contribution >= 4 is 11.9 Å². The first-order chi connectivity index (χ1) is 13.9. The molecule has 1 aromatic heterocycles. The van der Waals surface area contributed by atoms with E-state index in [0.29, 0.717) is 12.8 Å². The number of amides is 1. The molecule has 3 N–H and O–H groups in total. The van der Waals surface area contributed by atoms with Crippen LogP contribution in [0, 0.1) is 0 Å². The van der Waals surface area contributed by atoms with Crippen LogP contribution < -0.4 is 10.9 Å². The second-order valence-electron chi connectivity index (χ2n) is 6.49. The maximum atomic E-state index is 12.4. The number of rotatable bonds is 9. The molecule has 0 bridgehead atoms. The fourth-order valence-corrected chi connectivity index (χ4v) is 2.38. The van der Waals surface area contributed by atoms with E-state index in [2.05, 4.69) is 0 Å². The zero-order valence-electron chi connectivity index (χ0n) is 16.4. The minimum absolute atomic E-state index is 0.0196. The van der Waals surface area contributed by atoms with E-state index in [9.17, 15) is 32.7 Å². The first-order valence-corrected chi connectivity index (χ1v) is 8.86. The van der Waals surface area contributed by atoms with Gasteiger partial charge in [0.15, 0.2) is 5.78 Å². The van der Waals surface area contributed by atoms with Gasteiger partial charge in [0, 0.05) is 18.7 Å². The summed E-state index contributed by atoms with van der Waals surface area (Å²) in [4.78, 5) is 34.8. The van der Waals surface area contributed by atoms with Crippen molar-refractivity contribution in [1.82, 2.24) is 5.32 Å². The number of aryl methyl sites for hydroxylation is 1. The zero-order valence-corrected chi connectivity index (χ0v) is 16.4. The Kier molecular flexibility index (Phi) is 9.10. The fourth-order valence-electron chi connectivity index (χ4n) is 2.38. The van der Waals surface area contributed by atoms with Crippen LogP contribution in [0.15, 0.2) is 50.9 Å². The summed E-state index contributed by atoms with van der Waals surface area (Å²) in [6, 6.07) is 1.13. The largest absolute Gasteiger partial charge is 0.507 e. The Morgan fingerprint density at radius 3 is 2.47 bits per heavy atom. The lowest BCUT2D eigenvalue weighted by Gasteiger charge is -2.06. The first kappa shape index (κ1) is 24.7. The number of unbranched alkanes of at least 4 members (excludes halogenated alkanes) is 1. The second-order valence-corrected chi connectivity index (χ2v) is 6.49. The number of halogens is 3. The Hall–Kier alpha value is -3.30. The molecule has 0 saturated carbocycles. The summed E-state index contributed by atoms with van der Waals surface area (Å²) in [5, 5.41) is 20.5. The van der Waals surface area contributed by atoms with Gasteiger partial charge in [-0.3, -0.25) is 10.1 Å². The predicted octanol–water partition coefficient (Wildman–Crippen LogP) is 4.48. The molecule has 0 aliphatic carbocycles. The van der Waals surface area contributed by atoms with Crippen LogP contribution in [0.2, 0.25) is 0 Å². The third kappa shape index (κ3) is 8.80. The van der Waals surface area contributed by atoms with Crippen molar-refractivity contribution in [3.05, 3.63) is 63.4 Å².